The Morgan fingerprint density at radius 3 is 1.20 bits per heavy atom. The smallest absolute Gasteiger partial charge is 0.317 e. The van der Waals surface area contributed by atoms with Gasteiger partial charge in [0, 0.05) is 58.3 Å². The summed E-state index contributed by atoms with van der Waals surface area (Å²) in [6.07, 6.45) is 0. The topological polar surface area (TPSA) is 122 Å². The number of ketones is 2. The van der Waals surface area contributed by atoms with Gasteiger partial charge in [-0.25, -0.2) is 0 Å². The summed E-state index contributed by atoms with van der Waals surface area (Å²) in [4.78, 5) is 53.9. The lowest BCUT2D eigenvalue weighted by atomic mass is 10.1. The molecule has 30 heavy (non-hydrogen) atoms. The molecular formula is C20H36N4O6. The normalized spacial score (nSPS) is 19.2. The Balaban J connectivity index is 2.95. The van der Waals surface area contributed by atoms with Crippen molar-refractivity contribution in [2.24, 2.45) is 5.92 Å². The zero-order valence-electron chi connectivity index (χ0n) is 18.4. The number of carbonyl (C=O) groups excluding carboxylic acids is 2. The van der Waals surface area contributed by atoms with Crippen LogP contribution in [0.4, 0.5) is 0 Å². The van der Waals surface area contributed by atoms with Crippen LogP contribution in [0.3, 0.4) is 0 Å². The number of rotatable bonds is 9. The third-order valence-electron chi connectivity index (χ3n) is 5.12. The highest BCUT2D eigenvalue weighted by Crippen LogP contribution is 2.03. The third kappa shape index (κ3) is 11.3. The van der Waals surface area contributed by atoms with E-state index in [2.05, 4.69) is 0 Å². The lowest BCUT2D eigenvalue weighted by molar-refractivity contribution is -0.140. The van der Waals surface area contributed by atoms with Crippen LogP contribution in [0.5, 0.6) is 0 Å². The fourth-order valence-corrected chi connectivity index (χ4v) is 3.31. The predicted molar refractivity (Wildman–Crippen MR) is 112 cm³/mol. The largest absolute Gasteiger partial charge is 0.480 e. The maximum Gasteiger partial charge on any atom is 0.317 e. The Labute approximate surface area is 178 Å². The molecule has 0 radical (unpaired) electrons. The molecule has 1 aliphatic rings. The van der Waals surface area contributed by atoms with Gasteiger partial charge < -0.3 is 10.2 Å². The maximum absolute atomic E-state index is 12.3. The van der Waals surface area contributed by atoms with Crippen LogP contribution in [-0.2, 0) is 19.2 Å². The third-order valence-corrected chi connectivity index (χ3v) is 5.12. The lowest BCUT2D eigenvalue weighted by Crippen LogP contribution is -2.49. The van der Waals surface area contributed by atoms with Gasteiger partial charge in [-0.15, -0.1) is 0 Å². The number of hydrogen-bond acceptors (Lipinski definition) is 8. The van der Waals surface area contributed by atoms with Crippen molar-refractivity contribution >= 4 is 23.5 Å². The van der Waals surface area contributed by atoms with Gasteiger partial charge in [0.2, 0.25) is 0 Å². The average Bonchev–Trinajstić information content (AvgIpc) is 2.62. The highest BCUT2D eigenvalue weighted by molar-refractivity contribution is 5.82. The Hall–Kier alpha value is -1.88. The van der Waals surface area contributed by atoms with E-state index in [0.717, 1.165) is 0 Å². The van der Waals surface area contributed by atoms with E-state index >= 15 is 0 Å². The molecule has 0 saturated carbocycles. The van der Waals surface area contributed by atoms with Crippen LogP contribution < -0.4 is 0 Å². The van der Waals surface area contributed by atoms with Crippen LogP contribution >= 0.6 is 0 Å². The minimum absolute atomic E-state index is 0.0318. The van der Waals surface area contributed by atoms with Crippen LogP contribution in [0.15, 0.2) is 0 Å². The van der Waals surface area contributed by atoms with Crippen molar-refractivity contribution in [3.8, 4) is 0 Å². The van der Waals surface area contributed by atoms with Crippen LogP contribution in [-0.4, -0.2) is 132 Å². The van der Waals surface area contributed by atoms with Gasteiger partial charge in [-0.1, -0.05) is 13.8 Å². The van der Waals surface area contributed by atoms with Crippen LogP contribution in [0.1, 0.15) is 20.8 Å². The molecule has 1 aliphatic heterocycles. The summed E-state index contributed by atoms with van der Waals surface area (Å²) in [5, 5.41) is 18.4. The molecule has 0 bridgehead atoms. The zero-order chi connectivity index (χ0) is 22.7. The molecule has 0 atom stereocenters. The number of carbonyl (C=O) groups is 4. The maximum atomic E-state index is 12.3. The molecule has 0 unspecified atom stereocenters. The molecule has 1 heterocycles. The first-order chi connectivity index (χ1) is 14.1. The van der Waals surface area contributed by atoms with Gasteiger partial charge in [0.05, 0.1) is 26.2 Å². The van der Waals surface area contributed by atoms with Gasteiger partial charge in [-0.2, -0.15) is 0 Å². The average molecular weight is 429 g/mol. The summed E-state index contributed by atoms with van der Waals surface area (Å²) < 4.78 is 0. The first-order valence-corrected chi connectivity index (χ1v) is 10.4. The van der Waals surface area contributed by atoms with Crippen molar-refractivity contribution in [3.63, 3.8) is 0 Å². The first-order valence-electron chi connectivity index (χ1n) is 10.4. The van der Waals surface area contributed by atoms with Crippen LogP contribution in [0.2, 0.25) is 0 Å². The lowest BCUT2D eigenvalue weighted by Gasteiger charge is -2.33. The molecule has 2 N–H and O–H groups in total. The standard InChI is InChI=1S/C20H36N4O6/c1-16(2)18(26)13-22-6-4-21(12-17(3)25)5-8-23(14-19(27)28)10-11-24(9-7-22)15-20(29)30/h16H,4-15H2,1-3H3,(H,27,28)(H,29,30). The van der Waals surface area contributed by atoms with E-state index in [0.29, 0.717) is 52.4 Å². The van der Waals surface area contributed by atoms with Crippen molar-refractivity contribution < 1.29 is 29.4 Å². The number of carboxylic acids is 2. The summed E-state index contributed by atoms with van der Waals surface area (Å²) in [5.41, 5.74) is 0. The van der Waals surface area contributed by atoms with E-state index in [1.54, 1.807) is 9.80 Å². The van der Waals surface area contributed by atoms with E-state index in [1.165, 1.54) is 6.92 Å². The van der Waals surface area contributed by atoms with E-state index < -0.39 is 11.9 Å². The van der Waals surface area contributed by atoms with Crippen molar-refractivity contribution in [1.82, 2.24) is 19.6 Å². The molecule has 1 saturated heterocycles. The van der Waals surface area contributed by atoms with Crippen molar-refractivity contribution in [3.05, 3.63) is 0 Å². The summed E-state index contributed by atoms with van der Waals surface area (Å²) >= 11 is 0. The van der Waals surface area contributed by atoms with Gasteiger partial charge in [0.1, 0.15) is 11.6 Å². The second-order valence-electron chi connectivity index (χ2n) is 8.22. The summed E-state index contributed by atoms with van der Waals surface area (Å²) in [5.74, 6) is -1.81. The van der Waals surface area contributed by atoms with Crippen LogP contribution in [0, 0.1) is 5.92 Å². The molecule has 10 nitrogen and oxygen atoms in total. The molecule has 1 fully saturated rings. The monoisotopic (exact) mass is 428 g/mol. The molecule has 0 amide bonds. The molecular weight excluding hydrogens is 392 g/mol. The van der Waals surface area contributed by atoms with Gasteiger partial charge in [-0.05, 0) is 6.92 Å². The number of aliphatic carboxylic acids is 2. The van der Waals surface area contributed by atoms with Gasteiger partial charge in [-0.3, -0.25) is 38.8 Å². The first kappa shape index (κ1) is 26.2. The molecule has 0 aromatic heterocycles. The van der Waals surface area contributed by atoms with Gasteiger partial charge >= 0.3 is 11.9 Å². The Kier molecular flexibility index (Phi) is 11.7. The summed E-state index contributed by atoms with van der Waals surface area (Å²) in [7, 11) is 0. The number of hydrogen-bond donors (Lipinski definition) is 2. The molecule has 172 valence electrons. The zero-order valence-corrected chi connectivity index (χ0v) is 18.4. The highest BCUT2D eigenvalue weighted by Gasteiger charge is 2.21. The SMILES string of the molecule is CC(=O)CN1CCN(CC(=O)O)CCN(CC(=O)O)CCN(CC(=O)C(C)C)CC1. The fourth-order valence-electron chi connectivity index (χ4n) is 3.31. The predicted octanol–water partition coefficient (Wildman–Crippen LogP) is -0.809. The van der Waals surface area contributed by atoms with Crippen molar-refractivity contribution in [2.75, 3.05) is 78.5 Å². The molecule has 0 aliphatic carbocycles. The Morgan fingerprint density at radius 2 is 0.933 bits per heavy atom. The van der Waals surface area contributed by atoms with E-state index in [1.807, 2.05) is 23.6 Å². The minimum Gasteiger partial charge on any atom is -0.480 e. The summed E-state index contributed by atoms with van der Waals surface area (Å²) in [6.45, 7) is 9.49. The van der Waals surface area contributed by atoms with E-state index in [9.17, 15) is 29.4 Å². The second-order valence-corrected chi connectivity index (χ2v) is 8.22. The molecule has 0 aromatic rings. The molecule has 0 aromatic carbocycles. The molecule has 10 heteroatoms. The van der Waals surface area contributed by atoms with Gasteiger partial charge in [0.15, 0.2) is 0 Å². The van der Waals surface area contributed by atoms with E-state index in [4.69, 9.17) is 0 Å². The summed E-state index contributed by atoms with van der Waals surface area (Å²) in [6, 6.07) is 0. The number of Topliss-reactive ketones (excluding diaryl/α,β-unsaturated/α-hetero) is 2. The van der Waals surface area contributed by atoms with Crippen molar-refractivity contribution in [2.45, 2.75) is 20.8 Å². The Morgan fingerprint density at radius 1 is 0.633 bits per heavy atom. The fraction of sp³-hybridized carbons (Fsp3) is 0.800. The quantitative estimate of drug-likeness (QED) is 0.482. The second kappa shape index (κ2) is 13.4. The molecule has 0 spiro atoms. The number of nitrogens with zero attached hydrogens (tertiary/aromatic N) is 4. The Bertz CT molecular complexity index is 566. The van der Waals surface area contributed by atoms with Crippen molar-refractivity contribution in [1.29, 1.82) is 0 Å². The van der Waals surface area contributed by atoms with Gasteiger partial charge in [0.25, 0.3) is 0 Å². The minimum atomic E-state index is -0.941. The molecule has 1 rings (SSSR count). The number of carboxylic acid groups (broad SMARTS) is 2. The van der Waals surface area contributed by atoms with E-state index in [-0.39, 0.29) is 43.7 Å². The highest BCUT2D eigenvalue weighted by atomic mass is 16.4. The van der Waals surface area contributed by atoms with Crippen LogP contribution in [0.25, 0.3) is 0 Å².